The van der Waals surface area contributed by atoms with Gasteiger partial charge >= 0.3 is 0 Å². The Morgan fingerprint density at radius 2 is 1.25 bits per heavy atom. The third kappa shape index (κ3) is 2.06. The summed E-state index contributed by atoms with van der Waals surface area (Å²) in [6.45, 7) is 0. The molecule has 0 aliphatic heterocycles. The number of imidazole rings is 2. The van der Waals surface area contributed by atoms with E-state index < -0.39 is 0 Å². The van der Waals surface area contributed by atoms with E-state index in [1.807, 2.05) is 45.5 Å². The summed E-state index contributed by atoms with van der Waals surface area (Å²) in [6.07, 6.45) is 10.4. The van der Waals surface area contributed by atoms with Crippen LogP contribution in [0.3, 0.4) is 0 Å². The first-order valence-electron chi connectivity index (χ1n) is 7.97. The van der Waals surface area contributed by atoms with Crippen molar-refractivity contribution in [2.75, 3.05) is 0 Å². The maximum atomic E-state index is 6.25. The van der Waals surface area contributed by atoms with Gasteiger partial charge in [-0.1, -0.05) is 23.2 Å². The molecule has 0 bridgehead atoms. The molecule has 1 fully saturated rings. The molecule has 24 heavy (non-hydrogen) atoms. The number of hydrogen-bond donors (Lipinski definition) is 0. The van der Waals surface area contributed by atoms with Crippen LogP contribution in [0.25, 0.3) is 11.3 Å². The minimum absolute atomic E-state index is 0.379. The second-order valence-electron chi connectivity index (χ2n) is 6.30. The minimum Gasteiger partial charge on any atom is -0.306 e. The topological polar surface area (TPSA) is 34.6 Å². The van der Waals surface area contributed by atoms with Gasteiger partial charge in [0.25, 0.3) is 0 Å². The van der Waals surface area contributed by atoms with Gasteiger partial charge in [-0.2, -0.15) is 0 Å². The minimum atomic E-state index is 0.379. The molecule has 1 aliphatic rings. The second kappa shape index (κ2) is 5.23. The molecule has 0 amide bonds. The Hall–Kier alpha value is -2.04. The summed E-state index contributed by atoms with van der Waals surface area (Å²) in [5, 5.41) is 1.36. The fourth-order valence-corrected chi connectivity index (χ4v) is 3.99. The molecule has 0 spiro atoms. The van der Waals surface area contributed by atoms with Gasteiger partial charge in [-0.3, -0.25) is 0 Å². The summed E-state index contributed by atoms with van der Waals surface area (Å²) >= 11 is 12.5. The number of nitrogens with zero attached hydrogens (tertiary/aromatic N) is 4. The Morgan fingerprint density at radius 1 is 0.792 bits per heavy atom. The quantitative estimate of drug-likeness (QED) is 0.509. The molecule has 4 heterocycles. The number of halogens is 2. The number of hydrogen-bond acceptors (Lipinski definition) is 2. The summed E-state index contributed by atoms with van der Waals surface area (Å²) < 4.78 is 3.99. The number of rotatable bonds is 2. The van der Waals surface area contributed by atoms with Gasteiger partial charge in [0.2, 0.25) is 0 Å². The maximum absolute atomic E-state index is 6.25. The normalized spacial score (nSPS) is 20.6. The van der Waals surface area contributed by atoms with E-state index in [0.717, 1.165) is 35.5 Å². The van der Waals surface area contributed by atoms with Crippen LogP contribution in [0.4, 0.5) is 0 Å². The standard InChI is InChI=1S/C18H14Cl2N4/c19-13-3-1-7-23-9-15(21-17(13)23)11-5-6-12(11)16-10-24-8-2-4-14(20)18(24)22-16/h1-4,7-12H,5-6H2. The molecule has 2 unspecified atom stereocenters. The van der Waals surface area contributed by atoms with Gasteiger partial charge in [-0.05, 0) is 37.1 Å². The highest BCUT2D eigenvalue weighted by atomic mass is 35.5. The molecule has 4 nitrogen and oxygen atoms in total. The van der Waals surface area contributed by atoms with E-state index in [9.17, 15) is 0 Å². The first-order valence-corrected chi connectivity index (χ1v) is 8.72. The molecule has 0 aromatic carbocycles. The summed E-state index contributed by atoms with van der Waals surface area (Å²) in [5.41, 5.74) is 3.81. The van der Waals surface area contributed by atoms with Crippen LogP contribution >= 0.6 is 23.2 Å². The lowest BCUT2D eigenvalue weighted by atomic mass is 9.70. The largest absolute Gasteiger partial charge is 0.306 e. The van der Waals surface area contributed by atoms with Crippen molar-refractivity contribution in [3.05, 3.63) is 70.5 Å². The first-order chi connectivity index (χ1) is 11.7. The first kappa shape index (κ1) is 14.3. The molecular weight excluding hydrogens is 343 g/mol. The van der Waals surface area contributed by atoms with Crippen molar-refractivity contribution in [1.82, 2.24) is 18.8 Å². The Bertz CT molecular complexity index is 979. The molecule has 1 saturated carbocycles. The highest BCUT2D eigenvalue weighted by Gasteiger charge is 2.36. The molecule has 6 heteroatoms. The van der Waals surface area contributed by atoms with Crippen LogP contribution in [0, 0.1) is 0 Å². The number of aromatic nitrogens is 4. The van der Waals surface area contributed by atoms with E-state index >= 15 is 0 Å². The van der Waals surface area contributed by atoms with Crippen molar-refractivity contribution < 1.29 is 0 Å². The van der Waals surface area contributed by atoms with E-state index in [1.54, 1.807) is 0 Å². The molecule has 4 aromatic rings. The maximum Gasteiger partial charge on any atom is 0.155 e. The summed E-state index contributed by atoms with van der Waals surface area (Å²) in [4.78, 5) is 9.50. The Kier molecular flexibility index (Phi) is 3.12. The van der Waals surface area contributed by atoms with Crippen molar-refractivity contribution in [2.24, 2.45) is 0 Å². The molecule has 5 rings (SSSR count). The van der Waals surface area contributed by atoms with Gasteiger partial charge in [-0.15, -0.1) is 0 Å². The Labute approximate surface area is 148 Å². The van der Waals surface area contributed by atoms with Crippen LogP contribution in [0.15, 0.2) is 49.1 Å². The van der Waals surface area contributed by atoms with Gasteiger partial charge in [0.05, 0.1) is 21.4 Å². The van der Waals surface area contributed by atoms with Crippen LogP contribution in [-0.4, -0.2) is 18.8 Å². The van der Waals surface area contributed by atoms with Crippen molar-refractivity contribution in [1.29, 1.82) is 0 Å². The fraction of sp³-hybridized carbons (Fsp3) is 0.222. The molecule has 2 atom stereocenters. The second-order valence-corrected chi connectivity index (χ2v) is 7.11. The lowest BCUT2D eigenvalue weighted by Gasteiger charge is -2.34. The third-order valence-electron chi connectivity index (χ3n) is 4.94. The molecule has 0 radical (unpaired) electrons. The van der Waals surface area contributed by atoms with Crippen LogP contribution in [0.1, 0.15) is 36.1 Å². The van der Waals surface area contributed by atoms with Gasteiger partial charge in [-0.25, -0.2) is 9.97 Å². The zero-order valence-electron chi connectivity index (χ0n) is 12.7. The van der Waals surface area contributed by atoms with Crippen LogP contribution in [0.2, 0.25) is 10.0 Å². The van der Waals surface area contributed by atoms with Gasteiger partial charge < -0.3 is 8.80 Å². The predicted molar refractivity (Wildman–Crippen MR) is 95.1 cm³/mol. The average molecular weight is 357 g/mol. The molecular formula is C18H14Cl2N4. The summed E-state index contributed by atoms with van der Waals surface area (Å²) in [7, 11) is 0. The highest BCUT2D eigenvalue weighted by molar-refractivity contribution is 6.33. The lowest BCUT2D eigenvalue weighted by molar-refractivity contribution is 0.335. The SMILES string of the molecule is Clc1cccn2cc(C3CCC3c3cn4cccc(Cl)c4n3)nc12. The molecule has 0 N–H and O–H groups in total. The van der Waals surface area contributed by atoms with Crippen molar-refractivity contribution in [3.8, 4) is 0 Å². The van der Waals surface area contributed by atoms with Crippen LogP contribution in [-0.2, 0) is 0 Å². The van der Waals surface area contributed by atoms with Crippen molar-refractivity contribution in [3.63, 3.8) is 0 Å². The zero-order valence-corrected chi connectivity index (χ0v) is 14.2. The Morgan fingerprint density at radius 3 is 1.62 bits per heavy atom. The smallest absolute Gasteiger partial charge is 0.155 e. The van der Waals surface area contributed by atoms with Crippen molar-refractivity contribution >= 4 is 34.5 Å². The van der Waals surface area contributed by atoms with Crippen molar-refractivity contribution in [2.45, 2.75) is 24.7 Å². The summed E-state index contributed by atoms with van der Waals surface area (Å²) in [6, 6.07) is 7.61. The Balaban J connectivity index is 1.54. The van der Waals surface area contributed by atoms with E-state index in [1.165, 1.54) is 0 Å². The number of fused-ring (bicyclic) bond motifs is 2. The van der Waals surface area contributed by atoms with Gasteiger partial charge in [0.15, 0.2) is 11.3 Å². The van der Waals surface area contributed by atoms with Crippen LogP contribution in [0.5, 0.6) is 0 Å². The third-order valence-corrected chi connectivity index (χ3v) is 5.53. The molecule has 4 aromatic heterocycles. The van der Waals surface area contributed by atoms with Crippen LogP contribution < -0.4 is 0 Å². The van der Waals surface area contributed by atoms with E-state index in [-0.39, 0.29) is 0 Å². The van der Waals surface area contributed by atoms with Gasteiger partial charge in [0, 0.05) is 36.6 Å². The average Bonchev–Trinajstić information content (AvgIpc) is 3.12. The van der Waals surface area contributed by atoms with Gasteiger partial charge in [0.1, 0.15) is 0 Å². The van der Waals surface area contributed by atoms with E-state index in [2.05, 4.69) is 12.4 Å². The fourth-order valence-electron chi connectivity index (χ4n) is 3.56. The molecule has 1 aliphatic carbocycles. The predicted octanol–water partition coefficient (Wildman–Crippen LogP) is 4.95. The monoisotopic (exact) mass is 356 g/mol. The highest BCUT2D eigenvalue weighted by Crippen LogP contribution is 2.48. The van der Waals surface area contributed by atoms with E-state index in [0.29, 0.717) is 21.9 Å². The molecule has 120 valence electrons. The number of pyridine rings is 2. The molecule has 0 saturated heterocycles. The van der Waals surface area contributed by atoms with E-state index in [4.69, 9.17) is 33.2 Å². The lowest BCUT2D eigenvalue weighted by Crippen LogP contribution is -2.22. The zero-order chi connectivity index (χ0) is 16.3. The summed E-state index contributed by atoms with van der Waals surface area (Å²) in [5.74, 6) is 0.759.